The van der Waals surface area contributed by atoms with Crippen molar-refractivity contribution >= 4 is 11.6 Å². The average molecular weight is 214 g/mol. The first-order valence-electron chi connectivity index (χ1n) is 4.49. The Hall–Kier alpha value is -0.860. The van der Waals surface area contributed by atoms with E-state index >= 15 is 0 Å². The van der Waals surface area contributed by atoms with Crippen LogP contribution in [0, 0.1) is 5.82 Å². The van der Waals surface area contributed by atoms with Crippen LogP contribution in [0.4, 0.5) is 4.39 Å². The maximum atomic E-state index is 12.8. The minimum absolute atomic E-state index is 0.174. The highest BCUT2D eigenvalue weighted by Crippen LogP contribution is 2.15. The standard InChI is InChI=1S/C11H13ClFN/c1-2-3-6-14-8-9-4-5-11(13)10(12)7-9/h2,4-5,7,14H,1,3,6,8H2. The Balaban J connectivity index is 2.43. The third-order valence-electron chi connectivity index (χ3n) is 1.84. The van der Waals surface area contributed by atoms with E-state index in [4.69, 9.17) is 11.6 Å². The van der Waals surface area contributed by atoms with Crippen molar-refractivity contribution in [1.29, 1.82) is 0 Å². The van der Waals surface area contributed by atoms with Gasteiger partial charge in [-0.1, -0.05) is 23.7 Å². The molecule has 0 aliphatic rings. The van der Waals surface area contributed by atoms with Crippen molar-refractivity contribution in [2.24, 2.45) is 0 Å². The molecular formula is C11H13ClFN. The molecule has 1 aromatic carbocycles. The maximum absolute atomic E-state index is 12.8. The Morgan fingerprint density at radius 1 is 1.50 bits per heavy atom. The highest BCUT2D eigenvalue weighted by molar-refractivity contribution is 6.30. The van der Waals surface area contributed by atoms with Gasteiger partial charge in [0.25, 0.3) is 0 Å². The summed E-state index contributed by atoms with van der Waals surface area (Å²) in [5, 5.41) is 3.37. The van der Waals surface area contributed by atoms with Gasteiger partial charge in [-0.05, 0) is 30.7 Å². The fraction of sp³-hybridized carbons (Fsp3) is 0.273. The normalized spacial score (nSPS) is 10.1. The molecule has 0 spiro atoms. The molecule has 14 heavy (non-hydrogen) atoms. The number of rotatable bonds is 5. The summed E-state index contributed by atoms with van der Waals surface area (Å²) >= 11 is 5.63. The smallest absolute Gasteiger partial charge is 0.141 e. The van der Waals surface area contributed by atoms with Crippen LogP contribution in [0.3, 0.4) is 0 Å². The zero-order valence-electron chi connectivity index (χ0n) is 7.89. The monoisotopic (exact) mass is 213 g/mol. The molecule has 0 atom stereocenters. The van der Waals surface area contributed by atoms with Crippen molar-refractivity contribution in [2.75, 3.05) is 6.54 Å². The van der Waals surface area contributed by atoms with Gasteiger partial charge >= 0.3 is 0 Å². The molecule has 0 aliphatic heterocycles. The fourth-order valence-electron chi connectivity index (χ4n) is 1.09. The molecule has 1 nitrogen and oxygen atoms in total. The summed E-state index contributed by atoms with van der Waals surface area (Å²) in [6.45, 7) is 5.20. The molecule has 0 bridgehead atoms. The summed E-state index contributed by atoms with van der Waals surface area (Å²) in [7, 11) is 0. The van der Waals surface area contributed by atoms with E-state index in [0.29, 0.717) is 6.54 Å². The van der Waals surface area contributed by atoms with Crippen LogP contribution in [-0.4, -0.2) is 6.54 Å². The number of halogens is 2. The average Bonchev–Trinajstić information content (AvgIpc) is 2.18. The lowest BCUT2D eigenvalue weighted by Crippen LogP contribution is -2.13. The van der Waals surface area contributed by atoms with Gasteiger partial charge in [0.1, 0.15) is 5.82 Å². The number of benzene rings is 1. The molecule has 76 valence electrons. The van der Waals surface area contributed by atoms with Crippen molar-refractivity contribution in [3.05, 3.63) is 47.3 Å². The molecule has 0 aliphatic carbocycles. The summed E-state index contributed by atoms with van der Waals surface area (Å²) in [4.78, 5) is 0. The number of nitrogens with one attached hydrogen (secondary N) is 1. The second-order valence-corrected chi connectivity index (χ2v) is 3.41. The maximum Gasteiger partial charge on any atom is 0.141 e. The van der Waals surface area contributed by atoms with E-state index in [9.17, 15) is 4.39 Å². The molecule has 0 amide bonds. The Morgan fingerprint density at radius 2 is 2.29 bits per heavy atom. The molecule has 0 saturated carbocycles. The molecule has 1 N–H and O–H groups in total. The van der Waals surface area contributed by atoms with Crippen LogP contribution in [0.1, 0.15) is 12.0 Å². The van der Waals surface area contributed by atoms with E-state index in [1.165, 1.54) is 6.07 Å². The summed E-state index contributed by atoms with van der Waals surface area (Å²) in [6.07, 6.45) is 2.78. The highest BCUT2D eigenvalue weighted by Gasteiger charge is 1.99. The minimum Gasteiger partial charge on any atom is -0.312 e. The highest BCUT2D eigenvalue weighted by atomic mass is 35.5. The lowest BCUT2D eigenvalue weighted by Gasteiger charge is -2.03. The Labute approximate surface area is 88.6 Å². The van der Waals surface area contributed by atoms with E-state index in [-0.39, 0.29) is 10.8 Å². The van der Waals surface area contributed by atoms with Crippen LogP contribution in [0.2, 0.25) is 5.02 Å². The molecule has 0 aromatic heterocycles. The zero-order chi connectivity index (χ0) is 10.4. The van der Waals surface area contributed by atoms with E-state index < -0.39 is 0 Å². The summed E-state index contributed by atoms with van der Waals surface area (Å²) in [6, 6.07) is 4.74. The van der Waals surface area contributed by atoms with Crippen molar-refractivity contribution in [1.82, 2.24) is 5.32 Å². The first-order valence-corrected chi connectivity index (χ1v) is 4.87. The minimum atomic E-state index is -0.374. The van der Waals surface area contributed by atoms with Crippen LogP contribution < -0.4 is 5.32 Å². The van der Waals surface area contributed by atoms with E-state index in [1.54, 1.807) is 12.1 Å². The van der Waals surface area contributed by atoms with Crippen molar-refractivity contribution in [3.8, 4) is 0 Å². The Morgan fingerprint density at radius 3 is 2.93 bits per heavy atom. The van der Waals surface area contributed by atoms with E-state index in [1.807, 2.05) is 6.08 Å². The number of hydrogen-bond acceptors (Lipinski definition) is 1. The topological polar surface area (TPSA) is 12.0 Å². The second-order valence-electron chi connectivity index (χ2n) is 3.00. The van der Waals surface area contributed by atoms with Crippen LogP contribution in [0.15, 0.2) is 30.9 Å². The second kappa shape index (κ2) is 5.78. The van der Waals surface area contributed by atoms with Crippen molar-refractivity contribution < 1.29 is 4.39 Å². The Kier molecular flexibility index (Phi) is 4.63. The third kappa shape index (κ3) is 3.48. The molecule has 1 aromatic rings. The van der Waals surface area contributed by atoms with Gasteiger partial charge in [-0.15, -0.1) is 6.58 Å². The fourth-order valence-corrected chi connectivity index (χ4v) is 1.29. The van der Waals surface area contributed by atoms with Gasteiger partial charge in [-0.3, -0.25) is 0 Å². The largest absolute Gasteiger partial charge is 0.312 e. The summed E-state index contributed by atoms with van der Waals surface area (Å²) in [5.74, 6) is -0.374. The lowest BCUT2D eigenvalue weighted by molar-refractivity contribution is 0.625. The van der Waals surface area contributed by atoms with Crippen LogP contribution in [0.25, 0.3) is 0 Å². The molecule has 0 heterocycles. The predicted molar refractivity (Wildman–Crippen MR) is 57.9 cm³/mol. The molecule has 3 heteroatoms. The van der Waals surface area contributed by atoms with E-state index in [2.05, 4.69) is 11.9 Å². The molecular weight excluding hydrogens is 201 g/mol. The first kappa shape index (κ1) is 11.2. The third-order valence-corrected chi connectivity index (χ3v) is 2.13. The van der Waals surface area contributed by atoms with Crippen molar-refractivity contribution in [3.63, 3.8) is 0 Å². The van der Waals surface area contributed by atoms with Gasteiger partial charge in [0.15, 0.2) is 0 Å². The van der Waals surface area contributed by atoms with Gasteiger partial charge in [0.2, 0.25) is 0 Å². The molecule has 0 fully saturated rings. The quantitative estimate of drug-likeness (QED) is 0.585. The van der Waals surface area contributed by atoms with Gasteiger partial charge in [0.05, 0.1) is 5.02 Å². The Bertz CT molecular complexity index is 312. The van der Waals surface area contributed by atoms with Gasteiger partial charge in [-0.2, -0.15) is 0 Å². The first-order chi connectivity index (χ1) is 6.74. The predicted octanol–water partition coefficient (Wildman–Crippen LogP) is 3.14. The van der Waals surface area contributed by atoms with Crippen molar-refractivity contribution in [2.45, 2.75) is 13.0 Å². The number of hydrogen-bond donors (Lipinski definition) is 1. The van der Waals surface area contributed by atoms with Crippen LogP contribution >= 0.6 is 11.6 Å². The van der Waals surface area contributed by atoms with Gasteiger partial charge in [-0.25, -0.2) is 4.39 Å². The van der Waals surface area contributed by atoms with Gasteiger partial charge in [0, 0.05) is 6.54 Å². The van der Waals surface area contributed by atoms with E-state index in [0.717, 1.165) is 18.5 Å². The molecule has 0 unspecified atom stereocenters. The van der Waals surface area contributed by atoms with Gasteiger partial charge < -0.3 is 5.32 Å². The summed E-state index contributed by atoms with van der Waals surface area (Å²) < 4.78 is 12.8. The molecule has 0 saturated heterocycles. The molecule has 0 radical (unpaired) electrons. The van der Waals surface area contributed by atoms with Crippen LogP contribution in [-0.2, 0) is 6.54 Å². The SMILES string of the molecule is C=CCCNCc1ccc(F)c(Cl)c1. The molecule has 1 rings (SSSR count). The lowest BCUT2D eigenvalue weighted by atomic mass is 10.2. The zero-order valence-corrected chi connectivity index (χ0v) is 8.65. The van der Waals surface area contributed by atoms with Crippen LogP contribution in [0.5, 0.6) is 0 Å². The summed E-state index contributed by atoms with van der Waals surface area (Å²) in [5.41, 5.74) is 0.987.